The van der Waals surface area contributed by atoms with E-state index >= 15 is 0 Å². The summed E-state index contributed by atoms with van der Waals surface area (Å²) in [7, 11) is 0. The Bertz CT molecular complexity index is 826. The summed E-state index contributed by atoms with van der Waals surface area (Å²) in [4.78, 5) is 24.0. The highest BCUT2D eigenvalue weighted by molar-refractivity contribution is 5.75. The average Bonchev–Trinajstić information content (AvgIpc) is 3.22. The van der Waals surface area contributed by atoms with Crippen LogP contribution in [0, 0.1) is 0 Å². The number of carbonyl (C=O) groups excluding carboxylic acids is 1. The standard InChI is InChI=1S/C21H27N3O4/c1-2-27-17-9-7-16(8-10-17)19-11-12-21(26)24(23-19)13-3-6-20(25)22-15-18-5-4-14-28-18/h7-12,18H,2-6,13-15H2,1H3,(H,22,25). The van der Waals surface area contributed by atoms with Crippen LogP contribution in [0.2, 0.25) is 0 Å². The summed E-state index contributed by atoms with van der Waals surface area (Å²) < 4.78 is 12.4. The van der Waals surface area contributed by atoms with Crippen LogP contribution < -0.4 is 15.6 Å². The zero-order valence-electron chi connectivity index (χ0n) is 16.2. The molecule has 1 N–H and O–H groups in total. The van der Waals surface area contributed by atoms with Gasteiger partial charge in [0.1, 0.15) is 5.75 Å². The minimum Gasteiger partial charge on any atom is -0.494 e. The first kappa shape index (κ1) is 20.1. The van der Waals surface area contributed by atoms with Gasteiger partial charge in [-0.15, -0.1) is 0 Å². The number of rotatable bonds is 9. The van der Waals surface area contributed by atoms with Crippen molar-refractivity contribution in [1.82, 2.24) is 15.1 Å². The highest BCUT2D eigenvalue weighted by Crippen LogP contribution is 2.20. The lowest BCUT2D eigenvalue weighted by Gasteiger charge is -2.11. The van der Waals surface area contributed by atoms with E-state index in [0.29, 0.717) is 38.2 Å². The maximum absolute atomic E-state index is 12.1. The molecule has 28 heavy (non-hydrogen) atoms. The van der Waals surface area contributed by atoms with Crippen molar-refractivity contribution in [2.75, 3.05) is 19.8 Å². The third-order valence-corrected chi connectivity index (χ3v) is 4.65. The first-order valence-electron chi connectivity index (χ1n) is 9.85. The largest absolute Gasteiger partial charge is 0.494 e. The van der Waals surface area contributed by atoms with Crippen molar-refractivity contribution in [3.63, 3.8) is 0 Å². The lowest BCUT2D eigenvalue weighted by atomic mass is 10.1. The number of hydrogen-bond donors (Lipinski definition) is 1. The SMILES string of the molecule is CCOc1ccc(-c2ccc(=O)n(CCCC(=O)NCC3CCCO3)n2)cc1. The van der Waals surface area contributed by atoms with Gasteiger partial charge in [0.2, 0.25) is 5.91 Å². The summed E-state index contributed by atoms with van der Waals surface area (Å²) in [6, 6.07) is 10.8. The quantitative estimate of drug-likeness (QED) is 0.717. The van der Waals surface area contributed by atoms with Crippen molar-refractivity contribution in [3.05, 3.63) is 46.8 Å². The smallest absolute Gasteiger partial charge is 0.266 e. The monoisotopic (exact) mass is 385 g/mol. The molecule has 0 bridgehead atoms. The van der Waals surface area contributed by atoms with Crippen molar-refractivity contribution in [2.45, 2.75) is 45.3 Å². The van der Waals surface area contributed by atoms with Crippen LogP contribution in [0.1, 0.15) is 32.6 Å². The molecule has 1 aliphatic rings. The van der Waals surface area contributed by atoms with Crippen molar-refractivity contribution in [3.8, 4) is 17.0 Å². The zero-order valence-corrected chi connectivity index (χ0v) is 16.2. The Labute approximate surface area is 164 Å². The number of nitrogens with zero attached hydrogens (tertiary/aromatic N) is 2. The summed E-state index contributed by atoms with van der Waals surface area (Å²) in [5.74, 6) is 0.778. The van der Waals surface area contributed by atoms with Crippen molar-refractivity contribution < 1.29 is 14.3 Å². The normalized spacial score (nSPS) is 16.1. The van der Waals surface area contributed by atoms with Gasteiger partial charge in [-0.25, -0.2) is 4.68 Å². The Balaban J connectivity index is 1.53. The Morgan fingerprint density at radius 1 is 1.29 bits per heavy atom. The van der Waals surface area contributed by atoms with E-state index in [0.717, 1.165) is 30.8 Å². The van der Waals surface area contributed by atoms with Crippen LogP contribution in [0.3, 0.4) is 0 Å². The molecule has 0 aliphatic carbocycles. The van der Waals surface area contributed by atoms with Crippen LogP contribution in [0.25, 0.3) is 11.3 Å². The fourth-order valence-electron chi connectivity index (χ4n) is 3.16. The van der Waals surface area contributed by atoms with Gasteiger partial charge in [0.25, 0.3) is 5.56 Å². The van der Waals surface area contributed by atoms with Crippen LogP contribution in [0.4, 0.5) is 0 Å². The van der Waals surface area contributed by atoms with E-state index in [-0.39, 0.29) is 17.6 Å². The number of ether oxygens (including phenoxy) is 2. The van der Waals surface area contributed by atoms with Crippen LogP contribution in [-0.4, -0.2) is 41.6 Å². The van der Waals surface area contributed by atoms with E-state index < -0.39 is 0 Å². The molecule has 1 unspecified atom stereocenters. The van der Waals surface area contributed by atoms with Gasteiger partial charge >= 0.3 is 0 Å². The van der Waals surface area contributed by atoms with Crippen molar-refractivity contribution in [1.29, 1.82) is 0 Å². The molecule has 0 radical (unpaired) electrons. The first-order chi connectivity index (χ1) is 13.7. The van der Waals surface area contributed by atoms with Gasteiger partial charge in [-0.05, 0) is 56.5 Å². The van der Waals surface area contributed by atoms with E-state index in [9.17, 15) is 9.59 Å². The number of amides is 1. The molecular weight excluding hydrogens is 358 g/mol. The summed E-state index contributed by atoms with van der Waals surface area (Å²) in [6.07, 6.45) is 3.10. The Morgan fingerprint density at radius 3 is 2.82 bits per heavy atom. The molecule has 1 saturated heterocycles. The molecule has 1 aliphatic heterocycles. The van der Waals surface area contributed by atoms with Gasteiger partial charge in [0.15, 0.2) is 0 Å². The second-order valence-electron chi connectivity index (χ2n) is 6.78. The fourth-order valence-corrected chi connectivity index (χ4v) is 3.16. The summed E-state index contributed by atoms with van der Waals surface area (Å²) in [5, 5.41) is 7.33. The molecule has 7 heteroatoms. The van der Waals surface area contributed by atoms with E-state index in [1.807, 2.05) is 31.2 Å². The first-order valence-corrected chi connectivity index (χ1v) is 9.85. The molecule has 2 heterocycles. The Hall–Kier alpha value is -2.67. The molecule has 1 fully saturated rings. The molecule has 1 aromatic heterocycles. The third-order valence-electron chi connectivity index (χ3n) is 4.65. The van der Waals surface area contributed by atoms with Crippen LogP contribution >= 0.6 is 0 Å². The summed E-state index contributed by atoms with van der Waals surface area (Å²) in [6.45, 7) is 4.29. The molecule has 1 atom stereocenters. The van der Waals surface area contributed by atoms with E-state index in [2.05, 4.69) is 10.4 Å². The maximum Gasteiger partial charge on any atom is 0.266 e. The molecule has 7 nitrogen and oxygen atoms in total. The van der Waals surface area contributed by atoms with Gasteiger partial charge in [-0.1, -0.05) is 0 Å². The second kappa shape index (κ2) is 10.0. The van der Waals surface area contributed by atoms with Gasteiger partial charge < -0.3 is 14.8 Å². The van der Waals surface area contributed by atoms with E-state index in [1.54, 1.807) is 6.07 Å². The van der Waals surface area contributed by atoms with E-state index in [1.165, 1.54) is 10.7 Å². The topological polar surface area (TPSA) is 82.5 Å². The maximum atomic E-state index is 12.1. The number of benzene rings is 1. The number of aromatic nitrogens is 2. The van der Waals surface area contributed by atoms with E-state index in [4.69, 9.17) is 9.47 Å². The number of hydrogen-bond acceptors (Lipinski definition) is 5. The molecule has 1 aromatic carbocycles. The highest BCUT2D eigenvalue weighted by atomic mass is 16.5. The Kier molecular flexibility index (Phi) is 7.19. The van der Waals surface area contributed by atoms with Crippen LogP contribution in [0.5, 0.6) is 5.75 Å². The summed E-state index contributed by atoms with van der Waals surface area (Å²) in [5.41, 5.74) is 1.45. The van der Waals surface area contributed by atoms with Crippen LogP contribution in [0.15, 0.2) is 41.2 Å². The lowest BCUT2D eigenvalue weighted by Crippen LogP contribution is -2.32. The van der Waals surface area contributed by atoms with Crippen molar-refractivity contribution in [2.24, 2.45) is 0 Å². The van der Waals surface area contributed by atoms with Gasteiger partial charge in [-0.3, -0.25) is 9.59 Å². The molecule has 0 spiro atoms. The second-order valence-corrected chi connectivity index (χ2v) is 6.78. The Morgan fingerprint density at radius 2 is 2.11 bits per heavy atom. The third kappa shape index (κ3) is 5.66. The van der Waals surface area contributed by atoms with Crippen molar-refractivity contribution >= 4 is 5.91 Å². The molecule has 3 rings (SSSR count). The minimum atomic E-state index is -0.172. The number of aryl methyl sites for hydroxylation is 1. The zero-order chi connectivity index (χ0) is 19.8. The van der Waals surface area contributed by atoms with Gasteiger partial charge in [-0.2, -0.15) is 5.10 Å². The lowest BCUT2D eigenvalue weighted by molar-refractivity contribution is -0.121. The van der Waals surface area contributed by atoms with Crippen LogP contribution in [-0.2, 0) is 16.1 Å². The predicted octanol–water partition coefficient (Wildman–Crippen LogP) is 2.38. The number of carbonyl (C=O) groups is 1. The molecule has 0 saturated carbocycles. The molecule has 2 aromatic rings. The number of nitrogens with one attached hydrogen (secondary N) is 1. The minimum absolute atomic E-state index is 0.0220. The fraction of sp³-hybridized carbons (Fsp3) is 0.476. The predicted molar refractivity (Wildman–Crippen MR) is 106 cm³/mol. The molecular formula is C21H27N3O4. The average molecular weight is 385 g/mol. The molecule has 150 valence electrons. The highest BCUT2D eigenvalue weighted by Gasteiger charge is 2.16. The molecule has 1 amide bonds. The summed E-state index contributed by atoms with van der Waals surface area (Å²) >= 11 is 0. The van der Waals surface area contributed by atoms with Gasteiger partial charge in [0, 0.05) is 37.7 Å². The van der Waals surface area contributed by atoms with Gasteiger partial charge in [0.05, 0.1) is 18.4 Å².